The fraction of sp³-hybridized carbons (Fsp3) is 0.0625. The molecule has 0 aliphatic heterocycles. The Balaban J connectivity index is 1.79. The first kappa shape index (κ1) is 16.2. The molecule has 0 saturated heterocycles. The fourth-order valence-corrected chi connectivity index (χ4v) is 1.60. The first-order chi connectivity index (χ1) is 11.0. The maximum Gasteiger partial charge on any atom is 0.335 e. The van der Waals surface area contributed by atoms with Gasteiger partial charge in [-0.1, -0.05) is 12.1 Å². The van der Waals surface area contributed by atoms with Crippen molar-refractivity contribution in [2.24, 2.45) is 5.10 Å². The lowest BCUT2D eigenvalue weighted by Gasteiger charge is -2.04. The smallest absolute Gasteiger partial charge is 0.335 e. The molecule has 0 aliphatic carbocycles. The molecule has 0 spiro atoms. The van der Waals surface area contributed by atoms with E-state index in [4.69, 9.17) is 9.84 Å². The van der Waals surface area contributed by atoms with Crippen molar-refractivity contribution in [1.82, 2.24) is 5.43 Å². The number of aromatic carboxylic acids is 1. The third-order valence-corrected chi connectivity index (χ3v) is 2.74. The molecule has 1 amide bonds. The largest absolute Gasteiger partial charge is 0.484 e. The van der Waals surface area contributed by atoms with Crippen LogP contribution in [0.4, 0.5) is 4.39 Å². The summed E-state index contributed by atoms with van der Waals surface area (Å²) in [6.07, 6.45) is 1.38. The standard InChI is InChI=1S/C16H13FN2O4/c17-13-5-7-14(8-6-13)23-10-15(20)19-18-9-11-1-3-12(4-2-11)16(21)22/h1-9H,10H2,(H,19,20)(H,21,22)/b18-9-. The average molecular weight is 316 g/mol. The number of hydrogen-bond acceptors (Lipinski definition) is 4. The van der Waals surface area contributed by atoms with Crippen LogP contribution in [0.1, 0.15) is 15.9 Å². The van der Waals surface area contributed by atoms with Crippen LogP contribution in [0.2, 0.25) is 0 Å². The van der Waals surface area contributed by atoms with E-state index in [9.17, 15) is 14.0 Å². The maximum absolute atomic E-state index is 12.7. The topological polar surface area (TPSA) is 88.0 Å². The Morgan fingerprint density at radius 3 is 2.39 bits per heavy atom. The zero-order valence-electron chi connectivity index (χ0n) is 11.9. The Kier molecular flexibility index (Phi) is 5.40. The second-order valence-electron chi connectivity index (χ2n) is 4.46. The van der Waals surface area contributed by atoms with Crippen molar-refractivity contribution in [2.45, 2.75) is 0 Å². The highest BCUT2D eigenvalue weighted by Gasteiger charge is 2.02. The van der Waals surface area contributed by atoms with E-state index < -0.39 is 11.9 Å². The maximum atomic E-state index is 12.7. The Bertz CT molecular complexity index is 712. The second kappa shape index (κ2) is 7.69. The van der Waals surface area contributed by atoms with Gasteiger partial charge in [0, 0.05) is 0 Å². The van der Waals surface area contributed by atoms with Gasteiger partial charge < -0.3 is 9.84 Å². The lowest BCUT2D eigenvalue weighted by Crippen LogP contribution is -2.24. The number of benzene rings is 2. The van der Waals surface area contributed by atoms with Crippen LogP contribution in [0.5, 0.6) is 5.75 Å². The van der Waals surface area contributed by atoms with Gasteiger partial charge in [0.1, 0.15) is 11.6 Å². The second-order valence-corrected chi connectivity index (χ2v) is 4.46. The van der Waals surface area contributed by atoms with Crippen LogP contribution >= 0.6 is 0 Å². The van der Waals surface area contributed by atoms with Crippen molar-refractivity contribution in [3.63, 3.8) is 0 Å². The molecule has 2 aromatic carbocycles. The van der Waals surface area contributed by atoms with Crippen LogP contribution < -0.4 is 10.2 Å². The first-order valence-electron chi connectivity index (χ1n) is 6.58. The van der Waals surface area contributed by atoms with E-state index in [1.54, 1.807) is 12.1 Å². The number of halogens is 1. The third-order valence-electron chi connectivity index (χ3n) is 2.74. The summed E-state index contributed by atoms with van der Waals surface area (Å²) in [6.45, 7) is -0.263. The van der Waals surface area contributed by atoms with E-state index in [2.05, 4.69) is 10.5 Å². The number of hydrazone groups is 1. The summed E-state index contributed by atoms with van der Waals surface area (Å²) in [4.78, 5) is 22.2. The molecule has 0 radical (unpaired) electrons. The van der Waals surface area contributed by atoms with Gasteiger partial charge in [-0.15, -0.1) is 0 Å². The zero-order chi connectivity index (χ0) is 16.7. The molecule has 0 unspecified atom stereocenters. The molecule has 0 atom stereocenters. The van der Waals surface area contributed by atoms with Crippen molar-refractivity contribution in [1.29, 1.82) is 0 Å². The van der Waals surface area contributed by atoms with Crippen molar-refractivity contribution in [2.75, 3.05) is 6.61 Å². The normalized spacial score (nSPS) is 10.5. The van der Waals surface area contributed by atoms with Gasteiger partial charge in [-0.3, -0.25) is 4.79 Å². The summed E-state index contributed by atoms with van der Waals surface area (Å²) in [5.74, 6) is -1.51. The molecule has 0 fully saturated rings. The fourth-order valence-electron chi connectivity index (χ4n) is 1.60. The molecular formula is C16H13FN2O4. The number of rotatable bonds is 6. The molecule has 0 aliphatic rings. The summed E-state index contributed by atoms with van der Waals surface area (Å²) in [6, 6.07) is 11.3. The van der Waals surface area contributed by atoms with Gasteiger partial charge in [-0.05, 0) is 42.0 Å². The molecule has 6 nitrogen and oxygen atoms in total. The molecule has 118 valence electrons. The molecule has 23 heavy (non-hydrogen) atoms. The van der Waals surface area contributed by atoms with E-state index >= 15 is 0 Å². The average Bonchev–Trinajstić information content (AvgIpc) is 2.55. The van der Waals surface area contributed by atoms with Gasteiger partial charge in [-0.25, -0.2) is 14.6 Å². The summed E-state index contributed by atoms with van der Waals surface area (Å²) in [7, 11) is 0. The predicted molar refractivity (Wildman–Crippen MR) is 81.0 cm³/mol. The molecule has 0 heterocycles. The van der Waals surface area contributed by atoms with Crippen LogP contribution in [0.15, 0.2) is 53.6 Å². The van der Waals surface area contributed by atoms with Gasteiger partial charge >= 0.3 is 5.97 Å². The Hall–Kier alpha value is -3.22. The molecule has 0 saturated carbocycles. The number of carboxylic acid groups (broad SMARTS) is 1. The van der Waals surface area contributed by atoms with Gasteiger partial charge in [0.15, 0.2) is 6.61 Å². The molecule has 7 heteroatoms. The van der Waals surface area contributed by atoms with Gasteiger partial charge in [0.25, 0.3) is 5.91 Å². The predicted octanol–water partition coefficient (Wildman–Crippen LogP) is 2.05. The SMILES string of the molecule is O=C(COc1ccc(F)cc1)N/N=C\c1ccc(C(=O)O)cc1. The van der Waals surface area contributed by atoms with Crippen LogP contribution in [-0.4, -0.2) is 29.8 Å². The highest BCUT2D eigenvalue weighted by molar-refractivity contribution is 5.89. The summed E-state index contributed by atoms with van der Waals surface area (Å²) >= 11 is 0. The van der Waals surface area contributed by atoms with E-state index in [1.165, 1.54) is 42.6 Å². The van der Waals surface area contributed by atoms with E-state index in [0.29, 0.717) is 11.3 Å². The number of carboxylic acids is 1. The van der Waals surface area contributed by atoms with Crippen LogP contribution in [0, 0.1) is 5.82 Å². The zero-order valence-corrected chi connectivity index (χ0v) is 11.9. The molecule has 2 aromatic rings. The van der Waals surface area contributed by atoms with Crippen LogP contribution in [0.3, 0.4) is 0 Å². The molecule has 2 N–H and O–H groups in total. The van der Waals surface area contributed by atoms with Crippen molar-refractivity contribution >= 4 is 18.1 Å². The minimum Gasteiger partial charge on any atom is -0.484 e. The minimum absolute atomic E-state index is 0.166. The molecule has 0 aromatic heterocycles. The number of nitrogens with one attached hydrogen (secondary N) is 1. The van der Waals surface area contributed by atoms with Crippen LogP contribution in [-0.2, 0) is 4.79 Å². The number of ether oxygens (including phenoxy) is 1. The lowest BCUT2D eigenvalue weighted by atomic mass is 10.1. The van der Waals surface area contributed by atoms with Crippen LogP contribution in [0.25, 0.3) is 0 Å². The minimum atomic E-state index is -1.01. The van der Waals surface area contributed by atoms with E-state index in [0.717, 1.165) is 0 Å². The van der Waals surface area contributed by atoms with E-state index in [1.807, 2.05) is 0 Å². The quantitative estimate of drug-likeness (QED) is 0.630. The van der Waals surface area contributed by atoms with E-state index in [-0.39, 0.29) is 18.0 Å². The van der Waals surface area contributed by atoms with Gasteiger partial charge in [-0.2, -0.15) is 5.10 Å². The van der Waals surface area contributed by atoms with Gasteiger partial charge in [0.2, 0.25) is 0 Å². The summed E-state index contributed by atoms with van der Waals surface area (Å²) < 4.78 is 17.8. The number of hydrogen-bond donors (Lipinski definition) is 2. The highest BCUT2D eigenvalue weighted by atomic mass is 19.1. The number of amides is 1. The Labute approximate surface area is 131 Å². The Morgan fingerprint density at radius 1 is 1.13 bits per heavy atom. The van der Waals surface area contributed by atoms with Crippen molar-refractivity contribution in [3.05, 3.63) is 65.5 Å². The monoisotopic (exact) mass is 316 g/mol. The van der Waals surface area contributed by atoms with Crippen molar-refractivity contribution < 1.29 is 23.8 Å². The summed E-state index contributed by atoms with van der Waals surface area (Å²) in [5.41, 5.74) is 3.06. The van der Waals surface area contributed by atoms with Crippen molar-refractivity contribution in [3.8, 4) is 5.75 Å². The Morgan fingerprint density at radius 2 is 1.78 bits per heavy atom. The summed E-state index contributed by atoms with van der Waals surface area (Å²) in [5, 5.41) is 12.5. The number of carbonyl (C=O) groups is 2. The molecule has 2 rings (SSSR count). The molecular weight excluding hydrogens is 303 g/mol. The highest BCUT2D eigenvalue weighted by Crippen LogP contribution is 2.10. The third kappa shape index (κ3) is 5.24. The number of nitrogens with zero attached hydrogens (tertiary/aromatic N) is 1. The lowest BCUT2D eigenvalue weighted by molar-refractivity contribution is -0.123. The van der Waals surface area contributed by atoms with Gasteiger partial charge in [0.05, 0.1) is 11.8 Å². The number of carbonyl (C=O) groups excluding carboxylic acids is 1. The first-order valence-corrected chi connectivity index (χ1v) is 6.58. The molecule has 0 bridgehead atoms.